The number of nitrogens with one attached hydrogen (secondary N) is 1. The number of hydrogen-bond acceptors (Lipinski definition) is 3. The van der Waals surface area contributed by atoms with Gasteiger partial charge in [0.25, 0.3) is 0 Å². The summed E-state index contributed by atoms with van der Waals surface area (Å²) < 4.78 is 11.8. The fraction of sp³-hybridized carbons (Fsp3) is 0.667. The lowest BCUT2D eigenvalue weighted by Gasteiger charge is -2.35. The van der Waals surface area contributed by atoms with Crippen LogP contribution in [0.2, 0.25) is 0 Å². The standard InChI is InChI=1S/C18H29NO2/c1-5-13-19-17(18(3,4)20-6-2)14-7-9-15(10-8-14)21-16-11-12-16/h7-10,16-17,19H,5-6,11-13H2,1-4H3. The summed E-state index contributed by atoms with van der Waals surface area (Å²) in [5, 5.41) is 3.62. The largest absolute Gasteiger partial charge is 0.490 e. The van der Waals surface area contributed by atoms with E-state index in [1.807, 2.05) is 6.92 Å². The van der Waals surface area contributed by atoms with E-state index in [4.69, 9.17) is 9.47 Å². The Morgan fingerprint density at radius 1 is 1.19 bits per heavy atom. The predicted octanol–water partition coefficient (Wildman–Crippen LogP) is 4.08. The molecule has 1 aliphatic rings. The van der Waals surface area contributed by atoms with Crippen LogP contribution in [0.4, 0.5) is 0 Å². The second kappa shape index (κ2) is 7.28. The summed E-state index contributed by atoms with van der Waals surface area (Å²) in [6.45, 7) is 10.2. The van der Waals surface area contributed by atoms with Gasteiger partial charge in [-0.3, -0.25) is 0 Å². The fourth-order valence-corrected chi connectivity index (χ4v) is 2.63. The molecule has 1 aliphatic carbocycles. The van der Waals surface area contributed by atoms with Gasteiger partial charge in [-0.05, 0) is 64.3 Å². The summed E-state index contributed by atoms with van der Waals surface area (Å²) in [6.07, 6.45) is 3.95. The minimum Gasteiger partial charge on any atom is -0.490 e. The zero-order valence-electron chi connectivity index (χ0n) is 13.8. The van der Waals surface area contributed by atoms with Gasteiger partial charge in [0, 0.05) is 6.61 Å². The van der Waals surface area contributed by atoms with Crippen molar-refractivity contribution in [2.24, 2.45) is 0 Å². The molecule has 118 valence electrons. The molecule has 3 heteroatoms. The molecule has 0 aliphatic heterocycles. The van der Waals surface area contributed by atoms with E-state index in [9.17, 15) is 0 Å². The molecule has 1 aromatic carbocycles. The molecule has 1 aromatic rings. The van der Waals surface area contributed by atoms with Crippen LogP contribution in [0.25, 0.3) is 0 Å². The molecule has 0 spiro atoms. The van der Waals surface area contributed by atoms with Gasteiger partial charge in [0.15, 0.2) is 0 Å². The third-order valence-corrected chi connectivity index (χ3v) is 3.85. The van der Waals surface area contributed by atoms with Gasteiger partial charge in [-0.25, -0.2) is 0 Å². The first kappa shape index (κ1) is 16.3. The van der Waals surface area contributed by atoms with Crippen LogP contribution in [-0.4, -0.2) is 24.9 Å². The van der Waals surface area contributed by atoms with Crippen LogP contribution in [0.3, 0.4) is 0 Å². The van der Waals surface area contributed by atoms with Crippen molar-refractivity contribution in [3.8, 4) is 5.75 Å². The highest BCUT2D eigenvalue weighted by Gasteiger charge is 2.31. The van der Waals surface area contributed by atoms with Crippen LogP contribution in [0.15, 0.2) is 24.3 Å². The van der Waals surface area contributed by atoms with Crippen molar-refractivity contribution in [3.05, 3.63) is 29.8 Å². The highest BCUT2D eigenvalue weighted by atomic mass is 16.5. The SMILES string of the molecule is CCCNC(c1ccc(OC2CC2)cc1)C(C)(C)OCC. The normalized spacial score (nSPS) is 16.8. The van der Waals surface area contributed by atoms with Gasteiger partial charge < -0.3 is 14.8 Å². The summed E-state index contributed by atoms with van der Waals surface area (Å²) in [7, 11) is 0. The van der Waals surface area contributed by atoms with Crippen LogP contribution >= 0.6 is 0 Å². The van der Waals surface area contributed by atoms with E-state index < -0.39 is 0 Å². The molecule has 0 aromatic heterocycles. The van der Waals surface area contributed by atoms with Gasteiger partial charge >= 0.3 is 0 Å². The minimum absolute atomic E-state index is 0.187. The predicted molar refractivity (Wildman–Crippen MR) is 86.8 cm³/mol. The van der Waals surface area contributed by atoms with E-state index in [0.717, 1.165) is 25.3 Å². The zero-order valence-corrected chi connectivity index (χ0v) is 13.8. The molecule has 0 amide bonds. The molecule has 2 rings (SSSR count). The summed E-state index contributed by atoms with van der Waals surface area (Å²) >= 11 is 0. The quantitative estimate of drug-likeness (QED) is 0.743. The maximum Gasteiger partial charge on any atom is 0.119 e. The first-order valence-electron chi connectivity index (χ1n) is 8.20. The van der Waals surface area contributed by atoms with Crippen molar-refractivity contribution >= 4 is 0 Å². The molecule has 0 heterocycles. The van der Waals surface area contributed by atoms with Crippen molar-refractivity contribution in [2.45, 2.75) is 64.7 Å². The Hall–Kier alpha value is -1.06. The molecule has 1 unspecified atom stereocenters. The van der Waals surface area contributed by atoms with Gasteiger partial charge in [-0.1, -0.05) is 19.1 Å². The van der Waals surface area contributed by atoms with Crippen LogP contribution in [0.5, 0.6) is 5.75 Å². The number of rotatable bonds is 9. The van der Waals surface area contributed by atoms with Crippen molar-refractivity contribution in [1.29, 1.82) is 0 Å². The summed E-state index contributed by atoms with van der Waals surface area (Å²) in [5.41, 5.74) is 1.02. The zero-order chi connectivity index (χ0) is 15.3. The topological polar surface area (TPSA) is 30.5 Å². The molecule has 0 bridgehead atoms. The fourth-order valence-electron chi connectivity index (χ4n) is 2.63. The van der Waals surface area contributed by atoms with E-state index >= 15 is 0 Å². The average Bonchev–Trinajstić information content (AvgIpc) is 3.24. The van der Waals surface area contributed by atoms with E-state index in [1.165, 1.54) is 18.4 Å². The van der Waals surface area contributed by atoms with Crippen LogP contribution in [0, 0.1) is 0 Å². The maximum atomic E-state index is 5.95. The molecule has 0 saturated heterocycles. The Morgan fingerprint density at radius 3 is 2.38 bits per heavy atom. The lowest BCUT2D eigenvalue weighted by molar-refractivity contribution is -0.0391. The van der Waals surface area contributed by atoms with Gasteiger partial charge in [-0.2, -0.15) is 0 Å². The van der Waals surface area contributed by atoms with Crippen LogP contribution in [0.1, 0.15) is 58.6 Å². The lowest BCUT2D eigenvalue weighted by Crippen LogP contribution is -2.41. The smallest absolute Gasteiger partial charge is 0.119 e. The first-order valence-corrected chi connectivity index (χ1v) is 8.20. The van der Waals surface area contributed by atoms with Gasteiger partial charge in [0.05, 0.1) is 17.7 Å². The highest BCUT2D eigenvalue weighted by Crippen LogP contribution is 2.32. The Bertz CT molecular complexity index is 423. The van der Waals surface area contributed by atoms with Crippen LogP contribution in [-0.2, 0) is 4.74 Å². The number of benzene rings is 1. The molecule has 21 heavy (non-hydrogen) atoms. The Morgan fingerprint density at radius 2 is 1.86 bits per heavy atom. The van der Waals surface area contributed by atoms with Crippen molar-refractivity contribution < 1.29 is 9.47 Å². The van der Waals surface area contributed by atoms with E-state index in [0.29, 0.717) is 6.10 Å². The maximum absolute atomic E-state index is 5.95. The third kappa shape index (κ3) is 4.72. The second-order valence-corrected chi connectivity index (χ2v) is 6.31. The molecular formula is C18H29NO2. The van der Waals surface area contributed by atoms with Gasteiger partial charge in [-0.15, -0.1) is 0 Å². The second-order valence-electron chi connectivity index (χ2n) is 6.31. The Balaban J connectivity index is 2.10. The van der Waals surface area contributed by atoms with Crippen molar-refractivity contribution in [2.75, 3.05) is 13.2 Å². The number of ether oxygens (including phenoxy) is 2. The Labute approximate surface area is 129 Å². The average molecular weight is 291 g/mol. The highest BCUT2D eigenvalue weighted by molar-refractivity contribution is 5.31. The van der Waals surface area contributed by atoms with E-state index in [1.54, 1.807) is 0 Å². The van der Waals surface area contributed by atoms with Crippen LogP contribution < -0.4 is 10.1 Å². The Kier molecular flexibility index (Phi) is 5.65. The molecule has 0 radical (unpaired) electrons. The van der Waals surface area contributed by atoms with E-state index in [-0.39, 0.29) is 11.6 Å². The molecular weight excluding hydrogens is 262 g/mol. The number of hydrogen-bond donors (Lipinski definition) is 1. The third-order valence-electron chi connectivity index (χ3n) is 3.85. The monoisotopic (exact) mass is 291 g/mol. The molecule has 1 atom stereocenters. The van der Waals surface area contributed by atoms with Gasteiger partial charge in [0.2, 0.25) is 0 Å². The molecule has 1 saturated carbocycles. The van der Waals surface area contributed by atoms with E-state index in [2.05, 4.69) is 50.4 Å². The van der Waals surface area contributed by atoms with Crippen molar-refractivity contribution in [1.82, 2.24) is 5.32 Å². The van der Waals surface area contributed by atoms with Gasteiger partial charge in [0.1, 0.15) is 5.75 Å². The molecule has 1 N–H and O–H groups in total. The summed E-state index contributed by atoms with van der Waals surface area (Å²) in [5.74, 6) is 0.977. The minimum atomic E-state index is -0.233. The first-order chi connectivity index (χ1) is 10.1. The molecule has 3 nitrogen and oxygen atoms in total. The van der Waals surface area contributed by atoms with Crippen molar-refractivity contribution in [3.63, 3.8) is 0 Å². The molecule has 1 fully saturated rings. The summed E-state index contributed by atoms with van der Waals surface area (Å²) in [4.78, 5) is 0. The summed E-state index contributed by atoms with van der Waals surface area (Å²) in [6, 6.07) is 8.66. The lowest BCUT2D eigenvalue weighted by atomic mass is 9.91.